The van der Waals surface area contributed by atoms with Gasteiger partial charge < -0.3 is 4.57 Å². The van der Waals surface area contributed by atoms with E-state index in [4.69, 9.17) is 15.0 Å². The third-order valence-corrected chi connectivity index (χ3v) is 11.2. The smallest absolute Gasteiger partial charge is 0.238 e. The van der Waals surface area contributed by atoms with Crippen LogP contribution in [0.2, 0.25) is 0 Å². The Morgan fingerprint density at radius 1 is 0.444 bits per heavy atom. The first-order chi connectivity index (χ1) is 26.7. The van der Waals surface area contributed by atoms with Crippen LogP contribution in [0.15, 0.2) is 182 Å². The zero-order valence-corrected chi connectivity index (χ0v) is 29.6. The number of aromatic nitrogens is 5. The van der Waals surface area contributed by atoms with E-state index < -0.39 is 0 Å². The Kier molecular flexibility index (Phi) is 6.61. The van der Waals surface area contributed by atoms with Crippen molar-refractivity contribution in [2.45, 2.75) is 12.3 Å². The summed E-state index contributed by atoms with van der Waals surface area (Å²) in [6, 6.07) is 64.4. The number of benzene rings is 7. The molecule has 0 bridgehead atoms. The molecule has 3 heterocycles. The molecule has 254 valence electrons. The SMILES string of the molecule is CC1(c2ccccc2)c2ccccc2-c2c1n(-c1ccccc1)c1ccc(-c3nc(-c4ccccc4)nc(-n4c5ccccc5c5ccccc54)n3)cc21. The molecular weight excluding hydrogens is 659 g/mol. The van der Waals surface area contributed by atoms with Crippen LogP contribution >= 0.6 is 0 Å². The maximum Gasteiger partial charge on any atom is 0.238 e. The molecule has 0 aliphatic heterocycles. The zero-order valence-electron chi connectivity index (χ0n) is 29.6. The van der Waals surface area contributed by atoms with Crippen LogP contribution in [0.1, 0.15) is 23.7 Å². The van der Waals surface area contributed by atoms with Gasteiger partial charge in [-0.3, -0.25) is 4.57 Å². The van der Waals surface area contributed by atoms with Crippen LogP contribution in [0.4, 0.5) is 0 Å². The number of nitrogens with zero attached hydrogens (tertiary/aromatic N) is 5. The van der Waals surface area contributed by atoms with E-state index in [0.29, 0.717) is 17.6 Å². The first-order valence-corrected chi connectivity index (χ1v) is 18.4. The van der Waals surface area contributed by atoms with Crippen LogP contribution in [-0.4, -0.2) is 24.1 Å². The third-order valence-electron chi connectivity index (χ3n) is 11.2. The second-order valence-corrected chi connectivity index (χ2v) is 14.2. The van der Waals surface area contributed by atoms with E-state index in [1.165, 1.54) is 33.3 Å². The molecule has 1 aliphatic rings. The average molecular weight is 692 g/mol. The monoisotopic (exact) mass is 691 g/mol. The first kappa shape index (κ1) is 30.5. The predicted molar refractivity (Wildman–Crippen MR) is 219 cm³/mol. The van der Waals surface area contributed by atoms with Crippen molar-refractivity contribution in [2.75, 3.05) is 0 Å². The normalized spacial score (nSPS) is 14.8. The topological polar surface area (TPSA) is 48.5 Å². The average Bonchev–Trinajstić information content (AvgIpc) is 3.86. The first-order valence-electron chi connectivity index (χ1n) is 18.4. The lowest BCUT2D eigenvalue weighted by Crippen LogP contribution is -2.25. The summed E-state index contributed by atoms with van der Waals surface area (Å²) in [5, 5.41) is 3.49. The molecule has 0 N–H and O–H groups in total. The molecule has 1 unspecified atom stereocenters. The van der Waals surface area contributed by atoms with Crippen molar-refractivity contribution in [3.8, 4) is 45.5 Å². The maximum absolute atomic E-state index is 5.29. The van der Waals surface area contributed by atoms with E-state index in [1.807, 2.05) is 18.2 Å². The van der Waals surface area contributed by atoms with E-state index in [-0.39, 0.29) is 5.41 Å². The lowest BCUT2D eigenvalue weighted by Gasteiger charge is -2.30. The van der Waals surface area contributed by atoms with Crippen LogP contribution in [-0.2, 0) is 5.41 Å². The molecule has 0 fully saturated rings. The summed E-state index contributed by atoms with van der Waals surface area (Å²) in [4.78, 5) is 15.6. The van der Waals surface area contributed by atoms with Crippen molar-refractivity contribution in [1.29, 1.82) is 0 Å². The Labute approximate surface area is 312 Å². The molecule has 0 amide bonds. The fourth-order valence-electron chi connectivity index (χ4n) is 8.80. The molecule has 11 rings (SSSR count). The van der Waals surface area contributed by atoms with Gasteiger partial charge in [0.05, 0.1) is 22.0 Å². The highest BCUT2D eigenvalue weighted by Gasteiger charge is 2.45. The summed E-state index contributed by atoms with van der Waals surface area (Å²) >= 11 is 0. The lowest BCUT2D eigenvalue weighted by atomic mass is 9.76. The van der Waals surface area contributed by atoms with E-state index in [9.17, 15) is 0 Å². The molecule has 7 aromatic carbocycles. The molecular formula is C49H33N5. The summed E-state index contributed by atoms with van der Waals surface area (Å²) < 4.78 is 4.64. The van der Waals surface area contributed by atoms with Gasteiger partial charge in [0.25, 0.3) is 0 Å². The fraction of sp³-hybridized carbons (Fsp3) is 0.0408. The Bertz CT molecular complexity index is 3000. The van der Waals surface area contributed by atoms with Crippen molar-refractivity contribution >= 4 is 32.7 Å². The van der Waals surface area contributed by atoms with Crippen molar-refractivity contribution in [2.24, 2.45) is 0 Å². The van der Waals surface area contributed by atoms with Crippen LogP contribution < -0.4 is 0 Å². The summed E-state index contributed by atoms with van der Waals surface area (Å²) in [5.74, 6) is 1.85. The molecule has 10 aromatic rings. The van der Waals surface area contributed by atoms with Gasteiger partial charge in [-0.1, -0.05) is 140 Å². The second kappa shape index (κ2) is 11.7. The van der Waals surface area contributed by atoms with Crippen molar-refractivity contribution in [3.05, 3.63) is 199 Å². The van der Waals surface area contributed by atoms with Crippen molar-refractivity contribution < 1.29 is 0 Å². The van der Waals surface area contributed by atoms with E-state index in [0.717, 1.165) is 44.1 Å². The molecule has 54 heavy (non-hydrogen) atoms. The van der Waals surface area contributed by atoms with Gasteiger partial charge in [0.2, 0.25) is 5.95 Å². The van der Waals surface area contributed by atoms with Gasteiger partial charge in [-0.2, -0.15) is 9.97 Å². The number of rotatable bonds is 5. The molecule has 5 heteroatoms. The van der Waals surface area contributed by atoms with E-state index >= 15 is 0 Å². The minimum absolute atomic E-state index is 0.389. The van der Waals surface area contributed by atoms with E-state index in [2.05, 4.69) is 180 Å². The van der Waals surface area contributed by atoms with E-state index in [1.54, 1.807) is 0 Å². The van der Waals surface area contributed by atoms with Gasteiger partial charge in [0.15, 0.2) is 11.6 Å². The fourth-order valence-corrected chi connectivity index (χ4v) is 8.80. The van der Waals surface area contributed by atoms with Gasteiger partial charge in [-0.25, -0.2) is 4.98 Å². The highest BCUT2D eigenvalue weighted by Crippen LogP contribution is 2.56. The Balaban J connectivity index is 1.21. The molecule has 3 aromatic heterocycles. The number of para-hydroxylation sites is 3. The van der Waals surface area contributed by atoms with Gasteiger partial charge in [-0.15, -0.1) is 0 Å². The predicted octanol–water partition coefficient (Wildman–Crippen LogP) is 11.6. The molecule has 0 saturated heterocycles. The molecule has 0 radical (unpaired) electrons. The Hall–Kier alpha value is -7.11. The number of hydrogen-bond acceptors (Lipinski definition) is 3. The third kappa shape index (κ3) is 4.36. The highest BCUT2D eigenvalue weighted by molar-refractivity contribution is 6.09. The maximum atomic E-state index is 5.29. The van der Waals surface area contributed by atoms with Gasteiger partial charge >= 0.3 is 0 Å². The standard InChI is InChI=1S/C49H33N5/c1-49(34-19-7-3-8-20-34)40-26-14-11-25-38(40)44-39-31-33(29-30-43(39)53(45(44)49)35-21-9-4-10-22-35)47-50-46(32-17-5-2-6-18-32)51-48(52-47)54-41-27-15-12-23-36(41)37-24-13-16-28-42(37)54/h2-31H,1H3. The Morgan fingerprint density at radius 2 is 1.00 bits per heavy atom. The van der Waals surface area contributed by atoms with Crippen LogP contribution in [0, 0.1) is 0 Å². The largest absolute Gasteiger partial charge is 0.312 e. The van der Waals surface area contributed by atoms with Crippen LogP contribution in [0.25, 0.3) is 78.2 Å². The molecule has 1 atom stereocenters. The van der Waals surface area contributed by atoms with Gasteiger partial charge in [0.1, 0.15) is 0 Å². The molecule has 1 aliphatic carbocycles. The quantitative estimate of drug-likeness (QED) is 0.180. The summed E-state index contributed by atoms with van der Waals surface area (Å²) in [6.45, 7) is 2.38. The minimum atomic E-state index is -0.389. The molecule has 5 nitrogen and oxygen atoms in total. The minimum Gasteiger partial charge on any atom is -0.312 e. The molecule has 0 spiro atoms. The summed E-state index contributed by atoms with van der Waals surface area (Å²) in [6.07, 6.45) is 0. The summed E-state index contributed by atoms with van der Waals surface area (Å²) in [7, 11) is 0. The summed E-state index contributed by atoms with van der Waals surface area (Å²) in [5.41, 5.74) is 12.2. The molecule has 0 saturated carbocycles. The lowest BCUT2D eigenvalue weighted by molar-refractivity contribution is 0.671. The highest BCUT2D eigenvalue weighted by atomic mass is 15.2. The van der Waals surface area contributed by atoms with Crippen molar-refractivity contribution in [3.63, 3.8) is 0 Å². The van der Waals surface area contributed by atoms with Gasteiger partial charge in [0, 0.05) is 44.2 Å². The number of fused-ring (bicyclic) bond motifs is 8. The Morgan fingerprint density at radius 3 is 1.70 bits per heavy atom. The van der Waals surface area contributed by atoms with Gasteiger partial charge in [-0.05, 0) is 66.1 Å². The van der Waals surface area contributed by atoms with Crippen molar-refractivity contribution in [1.82, 2.24) is 24.1 Å². The van der Waals surface area contributed by atoms with Crippen LogP contribution in [0.3, 0.4) is 0 Å². The number of hydrogen-bond donors (Lipinski definition) is 0. The zero-order chi connectivity index (χ0) is 35.8. The van der Waals surface area contributed by atoms with Crippen LogP contribution in [0.5, 0.6) is 0 Å². The second-order valence-electron chi connectivity index (χ2n) is 14.2.